The minimum absolute atomic E-state index is 0.0563. The van der Waals surface area contributed by atoms with Crippen LogP contribution in [0.4, 0.5) is 13.2 Å². The molecule has 39 heavy (non-hydrogen) atoms. The molecule has 2 saturated carbocycles. The third kappa shape index (κ3) is 9.82. The fraction of sp³-hybridized carbons (Fsp3) is 0.750. The molecule has 0 saturated heterocycles. The number of alkyl halides is 2. The van der Waals surface area contributed by atoms with Gasteiger partial charge in [-0.2, -0.15) is 0 Å². The van der Waals surface area contributed by atoms with E-state index < -0.39 is 24.3 Å². The lowest BCUT2D eigenvalue weighted by atomic mass is 9.79. The number of hydrogen-bond acceptors (Lipinski definition) is 4. The van der Waals surface area contributed by atoms with Gasteiger partial charge in [-0.25, -0.2) is 22.8 Å². The second-order valence-corrected chi connectivity index (χ2v) is 11.5. The summed E-state index contributed by atoms with van der Waals surface area (Å²) in [6, 6.07) is 5.51. The van der Waals surface area contributed by atoms with Crippen LogP contribution in [0.5, 0.6) is 0 Å². The molecule has 0 radical (unpaired) electrons. The van der Waals surface area contributed by atoms with E-state index in [0.29, 0.717) is 56.9 Å². The molecular weight excluding hydrogens is 505 g/mol. The highest BCUT2D eigenvalue weighted by atomic mass is 19.1. The number of hydrogen-bond donors (Lipinski definition) is 0. The largest absolute Gasteiger partial charge is 0.460 e. The summed E-state index contributed by atoms with van der Waals surface area (Å²) in [5.41, 5.74) is 1.63. The Morgan fingerprint density at radius 3 is 1.64 bits per heavy atom. The lowest BCUT2D eigenvalue weighted by Crippen LogP contribution is -2.29. The fourth-order valence-electron chi connectivity index (χ4n) is 5.99. The van der Waals surface area contributed by atoms with E-state index in [0.717, 1.165) is 44.1 Å². The predicted molar refractivity (Wildman–Crippen MR) is 147 cm³/mol. The molecule has 7 heteroatoms. The Kier molecular flexibility index (Phi) is 13.1. The van der Waals surface area contributed by atoms with Crippen molar-refractivity contribution < 1.29 is 32.2 Å². The standard InChI is InChI=1S/C32H47F3O4/c1-3-5-7-9-28(33)31(36)38-25-16-11-22(12-17-25)24-15-20-27(30(35)21-24)23-13-18-26(19-14-23)39-32(37)29(34)10-8-6-4-2/h15,20-23,25-26,28-29H,3-14,16-19H2,1-2H3. The summed E-state index contributed by atoms with van der Waals surface area (Å²) >= 11 is 0. The quantitative estimate of drug-likeness (QED) is 0.171. The van der Waals surface area contributed by atoms with E-state index in [1.54, 1.807) is 6.07 Å². The smallest absolute Gasteiger partial charge is 0.340 e. The number of carbonyl (C=O) groups excluding carboxylic acids is 2. The van der Waals surface area contributed by atoms with Crippen LogP contribution in [0.3, 0.4) is 0 Å². The molecule has 1 aromatic rings. The first-order chi connectivity index (χ1) is 18.8. The third-order valence-corrected chi connectivity index (χ3v) is 8.48. The van der Waals surface area contributed by atoms with Crippen LogP contribution >= 0.6 is 0 Å². The highest BCUT2D eigenvalue weighted by Crippen LogP contribution is 2.39. The maximum atomic E-state index is 15.2. The SMILES string of the molecule is CCCCCC(F)C(=O)OC1CCC(c2ccc(C3CCC(OC(=O)C(F)CCCCC)CC3)c(F)c2)CC1. The summed E-state index contributed by atoms with van der Waals surface area (Å²) in [5, 5.41) is 0. The van der Waals surface area contributed by atoms with Gasteiger partial charge in [-0.3, -0.25) is 0 Å². The number of halogens is 3. The molecule has 2 unspecified atom stereocenters. The molecule has 0 N–H and O–H groups in total. The molecule has 4 nitrogen and oxygen atoms in total. The number of esters is 2. The molecule has 2 aliphatic carbocycles. The lowest BCUT2D eigenvalue weighted by molar-refractivity contribution is -0.157. The van der Waals surface area contributed by atoms with Gasteiger partial charge in [0, 0.05) is 0 Å². The zero-order valence-electron chi connectivity index (χ0n) is 23.8. The van der Waals surface area contributed by atoms with Crippen molar-refractivity contribution in [1.82, 2.24) is 0 Å². The van der Waals surface area contributed by atoms with Crippen molar-refractivity contribution >= 4 is 11.9 Å². The van der Waals surface area contributed by atoms with E-state index in [2.05, 4.69) is 0 Å². The van der Waals surface area contributed by atoms with Crippen LogP contribution in [0.2, 0.25) is 0 Å². The van der Waals surface area contributed by atoms with Gasteiger partial charge in [0.15, 0.2) is 12.3 Å². The van der Waals surface area contributed by atoms with Gasteiger partial charge in [-0.15, -0.1) is 0 Å². The Balaban J connectivity index is 1.42. The highest BCUT2D eigenvalue weighted by Gasteiger charge is 2.31. The molecule has 2 fully saturated rings. The Labute approximate surface area is 232 Å². The second-order valence-electron chi connectivity index (χ2n) is 11.5. The molecule has 0 aliphatic heterocycles. The Morgan fingerprint density at radius 2 is 1.21 bits per heavy atom. The number of ether oxygens (including phenoxy) is 2. The van der Waals surface area contributed by atoms with Crippen LogP contribution in [-0.4, -0.2) is 36.5 Å². The summed E-state index contributed by atoms with van der Waals surface area (Å²) in [4.78, 5) is 24.1. The second kappa shape index (κ2) is 16.3. The third-order valence-electron chi connectivity index (χ3n) is 8.48. The monoisotopic (exact) mass is 552 g/mol. The van der Waals surface area contributed by atoms with Gasteiger partial charge in [0.25, 0.3) is 0 Å². The molecule has 220 valence electrons. The molecule has 1 aromatic carbocycles. The maximum Gasteiger partial charge on any atom is 0.340 e. The summed E-state index contributed by atoms with van der Waals surface area (Å²) < 4.78 is 54.1. The van der Waals surface area contributed by atoms with E-state index in [-0.39, 0.29) is 42.7 Å². The Bertz CT molecular complexity index is 891. The van der Waals surface area contributed by atoms with Crippen LogP contribution in [0, 0.1) is 5.82 Å². The Morgan fingerprint density at radius 1 is 0.744 bits per heavy atom. The van der Waals surface area contributed by atoms with Gasteiger partial charge in [-0.1, -0.05) is 51.7 Å². The van der Waals surface area contributed by atoms with Crippen LogP contribution < -0.4 is 0 Å². The highest BCUT2D eigenvalue weighted by molar-refractivity contribution is 5.75. The topological polar surface area (TPSA) is 52.6 Å². The van der Waals surface area contributed by atoms with Gasteiger partial charge in [0.1, 0.15) is 18.0 Å². The van der Waals surface area contributed by atoms with Crippen molar-refractivity contribution in [3.63, 3.8) is 0 Å². The van der Waals surface area contributed by atoms with E-state index in [1.165, 1.54) is 0 Å². The molecule has 0 heterocycles. The number of benzene rings is 1. The van der Waals surface area contributed by atoms with Crippen molar-refractivity contribution in [2.24, 2.45) is 0 Å². The molecule has 0 bridgehead atoms. The van der Waals surface area contributed by atoms with Crippen molar-refractivity contribution in [1.29, 1.82) is 0 Å². The van der Waals surface area contributed by atoms with Crippen LogP contribution in [0.15, 0.2) is 18.2 Å². The van der Waals surface area contributed by atoms with Crippen molar-refractivity contribution in [2.75, 3.05) is 0 Å². The summed E-state index contributed by atoms with van der Waals surface area (Å²) in [6.45, 7) is 4.07. The normalized spacial score (nSPS) is 25.1. The van der Waals surface area contributed by atoms with Crippen LogP contribution in [-0.2, 0) is 19.1 Å². The number of unbranched alkanes of at least 4 members (excludes halogenated alkanes) is 4. The molecule has 2 aliphatic rings. The minimum atomic E-state index is -1.56. The zero-order valence-corrected chi connectivity index (χ0v) is 23.8. The average molecular weight is 553 g/mol. The fourth-order valence-corrected chi connectivity index (χ4v) is 5.99. The van der Waals surface area contributed by atoms with Crippen molar-refractivity contribution in [3.05, 3.63) is 35.1 Å². The van der Waals surface area contributed by atoms with E-state index >= 15 is 4.39 Å². The maximum absolute atomic E-state index is 15.2. The minimum Gasteiger partial charge on any atom is -0.460 e. The molecule has 0 spiro atoms. The molecule has 0 amide bonds. The molecule has 2 atom stereocenters. The first-order valence-corrected chi connectivity index (χ1v) is 15.3. The van der Waals surface area contributed by atoms with E-state index in [4.69, 9.17) is 9.47 Å². The average Bonchev–Trinajstić information content (AvgIpc) is 2.94. The summed E-state index contributed by atoms with van der Waals surface area (Å²) in [5.74, 6) is -1.47. The van der Waals surface area contributed by atoms with Crippen LogP contribution in [0.25, 0.3) is 0 Å². The number of carbonyl (C=O) groups is 2. The van der Waals surface area contributed by atoms with E-state index in [9.17, 15) is 18.4 Å². The van der Waals surface area contributed by atoms with Gasteiger partial charge in [0.05, 0.1) is 0 Å². The predicted octanol–water partition coefficient (Wildman–Crippen LogP) is 8.80. The Hall–Kier alpha value is -2.05. The summed E-state index contributed by atoms with van der Waals surface area (Å²) in [6.07, 6.45) is 7.38. The first kappa shape index (κ1) is 31.5. The van der Waals surface area contributed by atoms with Gasteiger partial charge < -0.3 is 9.47 Å². The van der Waals surface area contributed by atoms with E-state index in [1.807, 2.05) is 26.0 Å². The molecular formula is C32H47F3O4. The first-order valence-electron chi connectivity index (χ1n) is 15.3. The van der Waals surface area contributed by atoms with Crippen molar-refractivity contribution in [3.8, 4) is 0 Å². The number of rotatable bonds is 14. The summed E-state index contributed by atoms with van der Waals surface area (Å²) in [7, 11) is 0. The van der Waals surface area contributed by atoms with Crippen LogP contribution in [0.1, 0.15) is 140 Å². The van der Waals surface area contributed by atoms with Gasteiger partial charge in [-0.05, 0) is 106 Å². The van der Waals surface area contributed by atoms with Gasteiger partial charge in [0.2, 0.25) is 0 Å². The van der Waals surface area contributed by atoms with Gasteiger partial charge >= 0.3 is 11.9 Å². The molecule has 0 aromatic heterocycles. The molecule has 3 rings (SSSR count). The van der Waals surface area contributed by atoms with Crippen molar-refractivity contribution in [2.45, 2.75) is 153 Å². The lowest BCUT2D eigenvalue weighted by Gasteiger charge is -2.31. The zero-order chi connectivity index (χ0) is 28.2.